The molecule has 1 rings (SSSR count). The number of hydrogen-bond donors (Lipinski definition) is 1. The number of allylic oxidation sites excluding steroid dienone is 3. The van der Waals surface area contributed by atoms with Gasteiger partial charge in [0.15, 0.2) is 0 Å². The molecule has 1 aromatic carbocycles. The highest BCUT2D eigenvalue weighted by atomic mass is 16.5. The van der Waals surface area contributed by atoms with Crippen LogP contribution in [0.3, 0.4) is 0 Å². The number of nitriles is 1. The Labute approximate surface area is 180 Å². The first kappa shape index (κ1) is 29.2. The Morgan fingerprint density at radius 1 is 1.21 bits per heavy atom. The minimum Gasteiger partial charge on any atom is -0.501 e. The van der Waals surface area contributed by atoms with Crippen molar-refractivity contribution in [3.63, 3.8) is 0 Å². The first-order valence-corrected chi connectivity index (χ1v) is 10.8. The van der Waals surface area contributed by atoms with E-state index < -0.39 is 0 Å². The van der Waals surface area contributed by atoms with Gasteiger partial charge in [-0.3, -0.25) is 0 Å². The molecule has 0 bridgehead atoms. The third kappa shape index (κ3) is 16.6. The van der Waals surface area contributed by atoms with Gasteiger partial charge in [-0.2, -0.15) is 5.26 Å². The van der Waals surface area contributed by atoms with Crippen LogP contribution in [0.5, 0.6) is 0 Å². The van der Waals surface area contributed by atoms with Crippen molar-refractivity contribution < 1.29 is 4.74 Å². The first-order chi connectivity index (χ1) is 13.8. The van der Waals surface area contributed by atoms with E-state index in [1.54, 1.807) is 7.11 Å². The van der Waals surface area contributed by atoms with Crippen LogP contribution < -0.4 is 5.32 Å². The zero-order valence-corrected chi connectivity index (χ0v) is 20.3. The number of benzene rings is 1. The quantitative estimate of drug-likeness (QED) is 0.291. The third-order valence-electron chi connectivity index (χ3n) is 4.43. The topological polar surface area (TPSA) is 45.0 Å². The van der Waals surface area contributed by atoms with Crippen LogP contribution in [0, 0.1) is 37.0 Å². The van der Waals surface area contributed by atoms with Gasteiger partial charge in [0, 0.05) is 6.54 Å². The van der Waals surface area contributed by atoms with Crippen LogP contribution in [0.15, 0.2) is 42.2 Å². The molecule has 0 aliphatic rings. The van der Waals surface area contributed by atoms with Gasteiger partial charge in [0.1, 0.15) is 0 Å². The lowest BCUT2D eigenvalue weighted by Crippen LogP contribution is -2.25. The molecule has 0 radical (unpaired) electrons. The molecule has 1 atom stereocenters. The summed E-state index contributed by atoms with van der Waals surface area (Å²) >= 11 is 0. The second-order valence-electron chi connectivity index (χ2n) is 7.62. The highest BCUT2D eigenvalue weighted by Gasteiger charge is 2.09. The molecule has 1 aromatic rings. The molecule has 0 saturated carbocycles. The molecule has 0 aliphatic carbocycles. The molecule has 0 saturated heterocycles. The van der Waals surface area contributed by atoms with E-state index in [2.05, 4.69) is 52.1 Å². The summed E-state index contributed by atoms with van der Waals surface area (Å²) in [6.45, 7) is 19.0. The molecule has 3 heteroatoms. The molecule has 0 amide bonds. The van der Waals surface area contributed by atoms with E-state index in [9.17, 15) is 0 Å². The van der Waals surface area contributed by atoms with Crippen molar-refractivity contribution in [3.8, 4) is 6.07 Å². The minimum atomic E-state index is 0.761. The summed E-state index contributed by atoms with van der Waals surface area (Å²) < 4.78 is 5.03. The van der Waals surface area contributed by atoms with Crippen molar-refractivity contribution in [2.24, 2.45) is 11.8 Å². The standard InChI is InChI=1S/C14H27NO.C9H9N.C3H8/c1-6-14(12(2)3)11-15-10-8-7-9-13(4)16-5;1-7-3-4-9(6-10)8(2)5-7;1-3-2/h7-9,12,14-15H,6,10-11H2,1-5H3;3-5H,1-2H3;3H2,1-2H3/b8-7+,13-9-;;. The second-order valence-corrected chi connectivity index (χ2v) is 7.62. The van der Waals surface area contributed by atoms with Gasteiger partial charge in [-0.15, -0.1) is 0 Å². The van der Waals surface area contributed by atoms with Gasteiger partial charge in [0.05, 0.1) is 24.5 Å². The fraction of sp³-hybridized carbons (Fsp3) is 0.577. The summed E-state index contributed by atoms with van der Waals surface area (Å²) in [5.74, 6) is 2.48. The van der Waals surface area contributed by atoms with E-state index in [4.69, 9.17) is 10.00 Å². The van der Waals surface area contributed by atoms with Gasteiger partial charge in [-0.25, -0.2) is 0 Å². The monoisotopic (exact) mass is 400 g/mol. The Bertz CT molecular complexity index is 624. The van der Waals surface area contributed by atoms with E-state index in [0.717, 1.165) is 41.8 Å². The second kappa shape index (κ2) is 19.3. The van der Waals surface area contributed by atoms with Gasteiger partial charge in [-0.1, -0.05) is 77.3 Å². The lowest BCUT2D eigenvalue weighted by atomic mass is 9.93. The van der Waals surface area contributed by atoms with Crippen LogP contribution in [-0.4, -0.2) is 20.2 Å². The predicted octanol–water partition coefficient (Wildman–Crippen LogP) is 6.96. The Hall–Kier alpha value is -2.05. The van der Waals surface area contributed by atoms with E-state index in [-0.39, 0.29) is 0 Å². The molecule has 1 N–H and O–H groups in total. The molecule has 164 valence electrons. The van der Waals surface area contributed by atoms with Crippen molar-refractivity contribution in [3.05, 3.63) is 58.9 Å². The Morgan fingerprint density at radius 3 is 2.28 bits per heavy atom. The largest absolute Gasteiger partial charge is 0.501 e. The summed E-state index contributed by atoms with van der Waals surface area (Å²) in [6.07, 6.45) is 8.62. The van der Waals surface area contributed by atoms with Crippen molar-refractivity contribution >= 4 is 0 Å². The smallest absolute Gasteiger partial charge is 0.0994 e. The first-order valence-electron chi connectivity index (χ1n) is 10.8. The molecule has 0 heterocycles. The van der Waals surface area contributed by atoms with Crippen molar-refractivity contribution in [1.29, 1.82) is 5.26 Å². The minimum absolute atomic E-state index is 0.761. The Kier molecular flexibility index (Phi) is 19.4. The lowest BCUT2D eigenvalue weighted by molar-refractivity contribution is 0.294. The highest BCUT2D eigenvalue weighted by Crippen LogP contribution is 2.13. The zero-order valence-electron chi connectivity index (χ0n) is 20.3. The molecule has 0 aliphatic heterocycles. The van der Waals surface area contributed by atoms with Crippen LogP contribution in [0.2, 0.25) is 0 Å². The van der Waals surface area contributed by atoms with Gasteiger partial charge in [-0.05, 0) is 56.9 Å². The SMILES string of the molecule is CCC.CCC(CNC/C=C/C=C(/C)OC)C(C)C.Cc1ccc(C#N)c(C)c1. The maximum atomic E-state index is 8.56. The van der Waals surface area contributed by atoms with Crippen LogP contribution in [0.4, 0.5) is 0 Å². The lowest BCUT2D eigenvalue weighted by Gasteiger charge is -2.18. The fourth-order valence-corrected chi connectivity index (χ4v) is 2.48. The molecule has 0 spiro atoms. The van der Waals surface area contributed by atoms with Crippen LogP contribution >= 0.6 is 0 Å². The summed E-state index contributed by atoms with van der Waals surface area (Å²) in [4.78, 5) is 0. The zero-order chi connectivity index (χ0) is 22.7. The van der Waals surface area contributed by atoms with Crippen molar-refractivity contribution in [2.75, 3.05) is 20.2 Å². The maximum Gasteiger partial charge on any atom is 0.0994 e. The summed E-state index contributed by atoms with van der Waals surface area (Å²) in [6, 6.07) is 7.94. The summed E-state index contributed by atoms with van der Waals surface area (Å²) in [5, 5.41) is 12.0. The Balaban J connectivity index is 0. The fourth-order valence-electron chi connectivity index (χ4n) is 2.48. The van der Waals surface area contributed by atoms with E-state index in [1.165, 1.54) is 18.4 Å². The predicted molar refractivity (Wildman–Crippen MR) is 128 cm³/mol. The number of nitrogens with zero attached hydrogens (tertiary/aromatic N) is 1. The van der Waals surface area contributed by atoms with Crippen LogP contribution in [-0.2, 0) is 4.74 Å². The molecular weight excluding hydrogens is 356 g/mol. The number of nitrogens with one attached hydrogen (secondary N) is 1. The molecule has 29 heavy (non-hydrogen) atoms. The molecule has 3 nitrogen and oxygen atoms in total. The summed E-state index contributed by atoms with van der Waals surface area (Å²) in [5.41, 5.74) is 3.03. The number of aryl methyl sites for hydroxylation is 2. The highest BCUT2D eigenvalue weighted by molar-refractivity contribution is 5.38. The molecule has 1 unspecified atom stereocenters. The molecule has 0 aromatic heterocycles. The number of ether oxygens (including phenoxy) is 1. The van der Waals surface area contributed by atoms with Gasteiger partial charge in [0.25, 0.3) is 0 Å². The Morgan fingerprint density at radius 2 is 1.83 bits per heavy atom. The molecular formula is C26H44N2O. The van der Waals surface area contributed by atoms with Gasteiger partial charge >= 0.3 is 0 Å². The van der Waals surface area contributed by atoms with E-state index >= 15 is 0 Å². The molecule has 0 fully saturated rings. The van der Waals surface area contributed by atoms with E-state index in [1.807, 2.05) is 51.1 Å². The summed E-state index contributed by atoms with van der Waals surface area (Å²) in [7, 11) is 1.69. The number of hydrogen-bond acceptors (Lipinski definition) is 3. The van der Waals surface area contributed by atoms with E-state index in [0.29, 0.717) is 0 Å². The van der Waals surface area contributed by atoms with Crippen molar-refractivity contribution in [1.82, 2.24) is 5.32 Å². The van der Waals surface area contributed by atoms with Gasteiger partial charge < -0.3 is 10.1 Å². The van der Waals surface area contributed by atoms with Gasteiger partial charge in [0.2, 0.25) is 0 Å². The average Bonchev–Trinajstić information content (AvgIpc) is 2.68. The van der Waals surface area contributed by atoms with Crippen molar-refractivity contribution in [2.45, 2.75) is 68.2 Å². The normalized spacial score (nSPS) is 11.8. The van der Waals surface area contributed by atoms with Crippen LogP contribution in [0.1, 0.15) is 71.1 Å². The number of methoxy groups -OCH3 is 1. The number of rotatable bonds is 8. The third-order valence-corrected chi connectivity index (χ3v) is 4.43. The average molecular weight is 401 g/mol. The maximum absolute atomic E-state index is 8.56. The van der Waals surface area contributed by atoms with Crippen LogP contribution in [0.25, 0.3) is 0 Å².